The summed E-state index contributed by atoms with van der Waals surface area (Å²) < 4.78 is 16.3. The average molecular weight is 2090 g/mol. The summed E-state index contributed by atoms with van der Waals surface area (Å²) in [7, 11) is 0. The van der Waals surface area contributed by atoms with Crippen LogP contribution >= 0.6 is 0 Å². The number of pyridine rings is 3. The number of piperidine rings is 2. The molecule has 9 aliphatic rings. The van der Waals surface area contributed by atoms with Crippen LogP contribution in [0.2, 0.25) is 0 Å². The van der Waals surface area contributed by atoms with E-state index < -0.39 is 0 Å². The average Bonchev–Trinajstić information content (AvgIpc) is 0.983. The van der Waals surface area contributed by atoms with Crippen molar-refractivity contribution in [2.24, 2.45) is 62.1 Å². The lowest BCUT2D eigenvalue weighted by Crippen LogP contribution is -2.51. The van der Waals surface area contributed by atoms with E-state index in [0.29, 0.717) is 55.2 Å². The highest BCUT2D eigenvalue weighted by atomic mass is 16.5. The molecule has 12 heterocycles. The van der Waals surface area contributed by atoms with Crippen molar-refractivity contribution < 1.29 is 14.2 Å². The van der Waals surface area contributed by atoms with E-state index >= 15 is 0 Å². The summed E-state index contributed by atoms with van der Waals surface area (Å²) in [4.78, 5) is 44.0. The summed E-state index contributed by atoms with van der Waals surface area (Å²) in [5.74, 6) is 5.57. The first-order chi connectivity index (χ1) is 69.1. The van der Waals surface area contributed by atoms with Crippen molar-refractivity contribution in [2.75, 3.05) is 98.5 Å². The Kier molecular flexibility index (Phi) is 66.0. The van der Waals surface area contributed by atoms with Gasteiger partial charge in [0.2, 0.25) is 0 Å². The van der Waals surface area contributed by atoms with Gasteiger partial charge in [0, 0.05) is 165 Å². The number of likely N-dealkylation sites (tertiary alicyclic amines) is 1. The second kappa shape index (κ2) is 69.6. The Hall–Kier alpha value is -5.63. The molecular formula is C133H244N14O3. The molecule has 15 rings (SSSR count). The Morgan fingerprint density at radius 3 is 0.907 bits per heavy atom. The maximum absolute atomic E-state index is 5.64. The summed E-state index contributed by atoms with van der Waals surface area (Å²) in [6.45, 7) is 118. The van der Waals surface area contributed by atoms with Crippen LogP contribution in [0.15, 0.2) is 129 Å². The van der Waals surface area contributed by atoms with E-state index in [4.69, 9.17) is 14.2 Å². The van der Waals surface area contributed by atoms with E-state index in [-0.39, 0.29) is 32.5 Å². The number of nitrogens with zero attached hydrogens (tertiary/aromatic N) is 12. The van der Waals surface area contributed by atoms with Gasteiger partial charge in [-0.1, -0.05) is 326 Å². The molecule has 9 fully saturated rings. The first kappa shape index (κ1) is 142. The molecule has 2 N–H and O–H groups in total. The molecule has 17 heteroatoms. The molecule has 0 bridgehead atoms. The number of piperazine rings is 1. The van der Waals surface area contributed by atoms with E-state index in [9.17, 15) is 0 Å². The van der Waals surface area contributed by atoms with E-state index in [2.05, 4.69) is 406 Å². The van der Waals surface area contributed by atoms with Crippen molar-refractivity contribution >= 4 is 0 Å². The minimum atomic E-state index is 0.0707. The SMILES string of the molecule is CC(C)(C)C1CCCCC1.CC(C)(C)C1CCCCC1.CC(C)(C)C1CCCCC1.CC(C)(C)C1CCCCO1.CC(C)(C)C1CCCNC1.CC(C)(C)C1CCCOC1.CC(C)(C)N1CCCCC1.CC(C)(C)N1CCNCC1.CC(C)(C)N1CCOCC1.CC(C)(C)c1ccccn1.CC(C)(C)c1cccnc1.CC(C)(C)c1ccncc1.CC(C)(C)c1ccncn1.CC(C)(C)c1cncnc1.CC(C)(C)c1ncccn1. The van der Waals surface area contributed by atoms with Crippen LogP contribution in [0.4, 0.5) is 0 Å². The Balaban J connectivity index is 0.000000804. The van der Waals surface area contributed by atoms with Gasteiger partial charge in [-0.15, -0.1) is 0 Å². The van der Waals surface area contributed by atoms with Crippen molar-refractivity contribution in [1.29, 1.82) is 0 Å². The Labute approximate surface area is 929 Å². The lowest BCUT2D eigenvalue weighted by Gasteiger charge is -2.38. The zero-order valence-electron chi connectivity index (χ0n) is 107. The first-order valence-electron chi connectivity index (χ1n) is 59.5. The van der Waals surface area contributed by atoms with Gasteiger partial charge in [-0.25, -0.2) is 29.9 Å². The van der Waals surface area contributed by atoms with E-state index in [1.165, 1.54) is 216 Å². The fraction of sp³-hybridized carbons (Fsp3) is 0.797. The van der Waals surface area contributed by atoms with Crippen molar-refractivity contribution in [1.82, 2.24) is 70.2 Å². The van der Waals surface area contributed by atoms with Gasteiger partial charge in [0.25, 0.3) is 0 Å². The number of nitrogens with one attached hydrogen (secondary N) is 2. The minimum absolute atomic E-state index is 0.0707. The number of morpholine rings is 1. The van der Waals surface area contributed by atoms with Gasteiger partial charge in [0.15, 0.2) is 0 Å². The van der Waals surface area contributed by atoms with Gasteiger partial charge < -0.3 is 24.8 Å². The first-order valence-corrected chi connectivity index (χ1v) is 59.5. The number of ether oxygens (including phenoxy) is 3. The molecule has 6 aromatic rings. The quantitative estimate of drug-likeness (QED) is 0.147. The van der Waals surface area contributed by atoms with Crippen LogP contribution in [0.5, 0.6) is 0 Å². The maximum atomic E-state index is 5.64. The maximum Gasteiger partial charge on any atom is 0.133 e. The Morgan fingerprint density at radius 1 is 0.247 bits per heavy atom. The topological polar surface area (TPSA) is 177 Å². The van der Waals surface area contributed by atoms with E-state index in [1.807, 2.05) is 67.5 Å². The lowest BCUT2D eigenvalue weighted by molar-refractivity contribution is -0.0474. The Bertz CT molecular complexity index is 3380. The smallest absolute Gasteiger partial charge is 0.133 e. The standard InChI is InChI=1S/3C10H20.C9H13N.C9H19N.C9H13N.C9H19N.C9H13N.2C9H18O.C8H12N2.C8H18N2.2C8H12N2.C8H17NO/c3*1-10(2,3)9-7-5-4-6-8-9;1-9(2,3)8-4-6-10-7-5-8;2*1-9(2,3)8-5-4-6-10-7-8;1-9(2,3)10-7-5-4-6-8-10;1-9(2,3)8-6-4-5-7-10-8;1-9(2,3)8-5-4-6-10-7-8;1-9(2,3)8-6-4-5-7-10-8;1-8(2,3)7-4-9-6-10-5-7;1-8(2,3)10-6-4-9-5-7-10;1-8(2,3)7-4-5-9-6-10-7;1-8(2,3)7-9-5-4-6-10-7;1-8(2,3)9-4-6-10-7-5-9/h3*9H,4-8H2,1-3H3;4-7H,1-3H3;8,10H,4-7H2,1-3H3;4-7H,1-3H3;4-8H2,1-3H3;4-7H,1-3H3;2*8H,4-7H2,1-3H3;4-6H,1-3H3;9H,4-7H2,1-3H3;2*4-6H,1-3H3;4-7H2,1-3H3. The van der Waals surface area contributed by atoms with Crippen molar-refractivity contribution in [3.8, 4) is 0 Å². The van der Waals surface area contributed by atoms with Gasteiger partial charge in [-0.3, -0.25) is 29.7 Å². The predicted octanol–water partition coefficient (Wildman–Crippen LogP) is 34.5. The molecule has 0 radical (unpaired) electrons. The third-order valence-electron chi connectivity index (χ3n) is 30.4. The minimum Gasteiger partial charge on any atom is -0.381 e. The van der Waals surface area contributed by atoms with Crippen LogP contribution < -0.4 is 10.6 Å². The summed E-state index contributed by atoms with van der Waals surface area (Å²) in [5.41, 5.74) is 11.2. The summed E-state index contributed by atoms with van der Waals surface area (Å²) in [6, 6.07) is 18.0. The van der Waals surface area contributed by atoms with Gasteiger partial charge >= 0.3 is 0 Å². The molecule has 6 saturated heterocycles. The van der Waals surface area contributed by atoms with Crippen LogP contribution in [0.25, 0.3) is 0 Å². The summed E-state index contributed by atoms with van der Waals surface area (Å²) in [6.07, 6.45) is 57.5. The molecule has 17 nitrogen and oxygen atoms in total. The molecule has 3 unspecified atom stereocenters. The molecular weight excluding hydrogens is 1840 g/mol. The highest BCUT2D eigenvalue weighted by Gasteiger charge is 2.34. The van der Waals surface area contributed by atoms with Gasteiger partial charge in [0.05, 0.1) is 19.3 Å². The van der Waals surface area contributed by atoms with Crippen LogP contribution in [0, 0.1) is 62.1 Å². The van der Waals surface area contributed by atoms with Crippen LogP contribution in [-0.4, -0.2) is 181 Å². The molecule has 3 saturated carbocycles. The molecule has 864 valence electrons. The molecule has 0 aromatic carbocycles. The predicted molar refractivity (Wildman–Crippen MR) is 652 cm³/mol. The van der Waals surface area contributed by atoms with E-state index in [1.54, 1.807) is 37.4 Å². The molecule has 3 aliphatic carbocycles. The highest BCUT2D eigenvalue weighted by molar-refractivity contribution is 5.20. The number of hydrogen-bond donors (Lipinski definition) is 2. The summed E-state index contributed by atoms with van der Waals surface area (Å²) in [5, 5.41) is 6.79. The fourth-order valence-electron chi connectivity index (χ4n) is 19.1. The number of rotatable bonds is 0. The summed E-state index contributed by atoms with van der Waals surface area (Å²) >= 11 is 0. The molecule has 6 aromatic heterocycles. The largest absolute Gasteiger partial charge is 0.381 e. The monoisotopic (exact) mass is 2090 g/mol. The van der Waals surface area contributed by atoms with Crippen LogP contribution in [0.3, 0.4) is 0 Å². The molecule has 6 aliphatic heterocycles. The zero-order chi connectivity index (χ0) is 114. The molecule has 3 atom stereocenters. The van der Waals surface area contributed by atoms with Crippen LogP contribution in [0.1, 0.15) is 506 Å². The number of aromatic nitrogens is 9. The number of hydrogen-bond acceptors (Lipinski definition) is 17. The highest BCUT2D eigenvalue weighted by Crippen LogP contribution is 2.41. The van der Waals surface area contributed by atoms with Gasteiger partial charge in [0.1, 0.15) is 18.5 Å². The Morgan fingerprint density at radius 2 is 0.647 bits per heavy atom. The third-order valence-corrected chi connectivity index (χ3v) is 30.4. The second-order valence-corrected chi connectivity index (χ2v) is 59.4. The van der Waals surface area contributed by atoms with Gasteiger partial charge in [-0.05, 0) is 322 Å². The van der Waals surface area contributed by atoms with Crippen molar-refractivity contribution in [3.05, 3.63) is 163 Å². The molecule has 150 heavy (non-hydrogen) atoms. The second-order valence-electron chi connectivity index (χ2n) is 59.4. The molecule has 0 spiro atoms. The normalized spacial score (nSPS) is 19.5. The molecule has 0 amide bonds. The fourth-order valence-corrected chi connectivity index (χ4v) is 19.1. The van der Waals surface area contributed by atoms with Crippen molar-refractivity contribution in [3.63, 3.8) is 0 Å². The van der Waals surface area contributed by atoms with Crippen LogP contribution in [-0.2, 0) is 46.7 Å². The van der Waals surface area contributed by atoms with E-state index in [0.717, 1.165) is 106 Å². The zero-order valence-corrected chi connectivity index (χ0v) is 107. The van der Waals surface area contributed by atoms with Crippen molar-refractivity contribution in [2.45, 2.75) is 527 Å². The lowest BCUT2D eigenvalue weighted by atomic mass is 9.72. The van der Waals surface area contributed by atoms with Gasteiger partial charge in [-0.2, -0.15) is 0 Å². The third kappa shape index (κ3) is 68.1.